The third-order valence-electron chi connectivity index (χ3n) is 12.9. The summed E-state index contributed by atoms with van der Waals surface area (Å²) in [4.78, 5) is 13.1. The zero-order chi connectivity index (χ0) is 48.1. The van der Waals surface area contributed by atoms with Crippen LogP contribution >= 0.6 is 0 Å². The van der Waals surface area contributed by atoms with Gasteiger partial charge in [-0.3, -0.25) is 4.79 Å². The average Bonchev–Trinajstić information content (AvgIpc) is 3.32. The number of carbonyl (C=O) groups is 1. The third kappa shape index (κ3) is 34.4. The van der Waals surface area contributed by atoms with Crippen LogP contribution in [0.5, 0.6) is 0 Å². The van der Waals surface area contributed by atoms with E-state index < -0.39 is 61.5 Å². The molecule has 0 aromatic heterocycles. The highest BCUT2D eigenvalue weighted by Crippen LogP contribution is 2.23. The third-order valence-corrected chi connectivity index (χ3v) is 12.9. The first-order valence-electron chi connectivity index (χ1n) is 27.5. The molecule has 1 amide bonds. The highest BCUT2D eigenvalue weighted by Gasteiger charge is 2.44. The Kier molecular flexibility index (Phi) is 42.9. The van der Waals surface area contributed by atoms with Gasteiger partial charge < -0.3 is 45.4 Å². The SMILES string of the molecule is CCC/C=C/CC/C=C/CC/C=C/C(O)C(COC1OC(CO)C(O)C(O)C1O)NC(=O)C(O)CCCCCCCCCCCCCCCC/C=C\CCCCCCCCCCCCCC. The van der Waals surface area contributed by atoms with Crippen LogP contribution in [0, 0.1) is 0 Å². The van der Waals surface area contributed by atoms with Gasteiger partial charge in [0.25, 0.3) is 0 Å². The second-order valence-electron chi connectivity index (χ2n) is 19.1. The summed E-state index contributed by atoms with van der Waals surface area (Å²) in [5, 5.41) is 64.7. The van der Waals surface area contributed by atoms with Crippen LogP contribution in [0.4, 0.5) is 0 Å². The van der Waals surface area contributed by atoms with Gasteiger partial charge in [0.2, 0.25) is 5.91 Å². The number of aliphatic hydroxyl groups excluding tert-OH is 6. The first kappa shape index (κ1) is 62.1. The Morgan fingerprint density at radius 1 is 0.515 bits per heavy atom. The average molecular weight is 934 g/mol. The number of carbonyl (C=O) groups excluding carboxylic acids is 1. The van der Waals surface area contributed by atoms with Crippen molar-refractivity contribution in [1.82, 2.24) is 5.32 Å². The molecule has 1 aliphatic rings. The summed E-state index contributed by atoms with van der Waals surface area (Å²) in [6.07, 6.45) is 49.6. The number of hydrogen-bond acceptors (Lipinski definition) is 9. The number of hydrogen-bond donors (Lipinski definition) is 7. The van der Waals surface area contributed by atoms with Crippen LogP contribution < -0.4 is 5.32 Å². The maximum atomic E-state index is 13.1. The van der Waals surface area contributed by atoms with Gasteiger partial charge in [-0.25, -0.2) is 0 Å². The smallest absolute Gasteiger partial charge is 0.249 e. The Morgan fingerprint density at radius 3 is 1.38 bits per heavy atom. The molecule has 8 atom stereocenters. The minimum Gasteiger partial charge on any atom is -0.394 e. The van der Waals surface area contributed by atoms with E-state index in [9.17, 15) is 35.4 Å². The minimum absolute atomic E-state index is 0.301. The van der Waals surface area contributed by atoms with Crippen molar-refractivity contribution in [2.24, 2.45) is 0 Å². The molecular formula is C56H103NO9. The van der Waals surface area contributed by atoms with E-state index in [1.807, 2.05) is 6.08 Å². The molecule has 0 aromatic rings. The van der Waals surface area contributed by atoms with E-state index in [4.69, 9.17) is 9.47 Å². The van der Waals surface area contributed by atoms with Gasteiger partial charge in [0.15, 0.2) is 6.29 Å². The lowest BCUT2D eigenvalue weighted by Gasteiger charge is -2.40. The number of ether oxygens (including phenoxy) is 2. The largest absolute Gasteiger partial charge is 0.394 e. The summed E-state index contributed by atoms with van der Waals surface area (Å²) in [6, 6.07) is -1.00. The van der Waals surface area contributed by atoms with Crippen molar-refractivity contribution in [3.63, 3.8) is 0 Å². The van der Waals surface area contributed by atoms with E-state index in [0.717, 1.165) is 51.4 Å². The summed E-state index contributed by atoms with van der Waals surface area (Å²) in [6.45, 7) is 3.52. The fourth-order valence-corrected chi connectivity index (χ4v) is 8.49. The number of rotatable bonds is 46. The number of amides is 1. The lowest BCUT2D eigenvalue weighted by molar-refractivity contribution is -0.302. The van der Waals surface area contributed by atoms with Crippen LogP contribution in [-0.2, 0) is 14.3 Å². The summed E-state index contributed by atoms with van der Waals surface area (Å²) in [5.74, 6) is -0.631. The molecule has 0 saturated carbocycles. The van der Waals surface area contributed by atoms with Crippen LogP contribution in [0.15, 0.2) is 48.6 Å². The van der Waals surface area contributed by atoms with Gasteiger partial charge >= 0.3 is 0 Å². The monoisotopic (exact) mass is 934 g/mol. The van der Waals surface area contributed by atoms with Crippen molar-refractivity contribution < 1.29 is 44.9 Å². The van der Waals surface area contributed by atoms with Gasteiger partial charge in [0.05, 0.1) is 25.4 Å². The van der Waals surface area contributed by atoms with E-state index in [1.54, 1.807) is 6.08 Å². The molecule has 1 saturated heterocycles. The van der Waals surface area contributed by atoms with E-state index in [-0.39, 0.29) is 6.61 Å². The predicted molar refractivity (Wildman–Crippen MR) is 273 cm³/mol. The van der Waals surface area contributed by atoms with Crippen LogP contribution in [-0.4, -0.2) is 98.7 Å². The van der Waals surface area contributed by atoms with Crippen LogP contribution in [0.1, 0.15) is 239 Å². The molecule has 66 heavy (non-hydrogen) atoms. The fraction of sp³-hybridized carbons (Fsp3) is 0.839. The van der Waals surface area contributed by atoms with Crippen molar-refractivity contribution in [2.75, 3.05) is 13.2 Å². The molecule has 0 spiro atoms. The summed E-state index contributed by atoms with van der Waals surface area (Å²) >= 11 is 0. The first-order valence-corrected chi connectivity index (χ1v) is 27.5. The van der Waals surface area contributed by atoms with Gasteiger partial charge in [-0.1, -0.05) is 223 Å². The number of aliphatic hydroxyl groups is 6. The van der Waals surface area contributed by atoms with Crippen LogP contribution in [0.25, 0.3) is 0 Å². The second kappa shape index (κ2) is 45.5. The zero-order valence-corrected chi connectivity index (χ0v) is 42.3. The molecule has 1 fully saturated rings. The molecule has 1 rings (SSSR count). The van der Waals surface area contributed by atoms with Gasteiger partial charge in [-0.2, -0.15) is 0 Å². The summed E-state index contributed by atoms with van der Waals surface area (Å²) in [5.41, 5.74) is 0. The zero-order valence-electron chi connectivity index (χ0n) is 42.3. The van der Waals surface area contributed by atoms with Gasteiger partial charge in [0.1, 0.15) is 30.5 Å². The lowest BCUT2D eigenvalue weighted by Crippen LogP contribution is -2.60. The Labute approximate surface area is 404 Å². The second-order valence-corrected chi connectivity index (χ2v) is 19.1. The van der Waals surface area contributed by atoms with Gasteiger partial charge in [-0.15, -0.1) is 0 Å². The Bertz CT molecular complexity index is 1190. The summed E-state index contributed by atoms with van der Waals surface area (Å²) < 4.78 is 11.1. The van der Waals surface area contributed by atoms with E-state index in [2.05, 4.69) is 55.6 Å². The summed E-state index contributed by atoms with van der Waals surface area (Å²) in [7, 11) is 0. The van der Waals surface area contributed by atoms with Crippen molar-refractivity contribution >= 4 is 5.91 Å². The highest BCUT2D eigenvalue weighted by molar-refractivity contribution is 5.80. The molecule has 10 nitrogen and oxygen atoms in total. The lowest BCUT2D eigenvalue weighted by atomic mass is 9.99. The molecule has 1 heterocycles. The number of unbranched alkanes of at least 4 members (excludes halogenated alkanes) is 29. The molecule has 0 radical (unpaired) electrons. The molecule has 0 bridgehead atoms. The molecule has 386 valence electrons. The maximum Gasteiger partial charge on any atom is 0.249 e. The van der Waals surface area contributed by atoms with E-state index in [1.165, 1.54) is 154 Å². The highest BCUT2D eigenvalue weighted by atomic mass is 16.7. The van der Waals surface area contributed by atoms with Crippen molar-refractivity contribution in [1.29, 1.82) is 0 Å². The molecule has 10 heteroatoms. The standard InChI is InChI=1S/C56H103NO9/c1-3-5-7-9-11-13-15-16-17-18-19-20-21-22-23-24-25-26-27-28-29-30-31-32-33-35-37-39-41-43-45-50(60)55(64)57-48(47-65-56-54(63)53(62)52(61)51(46-58)66-56)49(59)44-42-40-38-36-34-14-12-10-8-6-4-2/h8,10,22-23,34,36,42,44,48-54,56,58-63H,3-7,9,11-21,24-33,35,37-41,43,45-47H2,1-2H3,(H,57,64)/b10-8+,23-22-,36-34+,44-42+. The molecule has 8 unspecified atom stereocenters. The number of nitrogens with one attached hydrogen (secondary N) is 1. The molecule has 0 aromatic carbocycles. The fourth-order valence-electron chi connectivity index (χ4n) is 8.49. The maximum absolute atomic E-state index is 13.1. The Hall–Kier alpha value is -1.89. The Morgan fingerprint density at radius 2 is 0.924 bits per heavy atom. The normalized spacial score (nSPS) is 20.6. The van der Waals surface area contributed by atoms with Crippen molar-refractivity contribution in [3.05, 3.63) is 48.6 Å². The quantitative estimate of drug-likeness (QED) is 0.0232. The first-order chi connectivity index (χ1) is 32.3. The van der Waals surface area contributed by atoms with Gasteiger partial charge in [0, 0.05) is 0 Å². The molecule has 1 aliphatic heterocycles. The van der Waals surface area contributed by atoms with Crippen LogP contribution in [0.2, 0.25) is 0 Å². The molecule has 0 aliphatic carbocycles. The van der Waals surface area contributed by atoms with Crippen molar-refractivity contribution in [3.8, 4) is 0 Å². The van der Waals surface area contributed by atoms with E-state index >= 15 is 0 Å². The topological polar surface area (TPSA) is 169 Å². The van der Waals surface area contributed by atoms with Crippen molar-refractivity contribution in [2.45, 2.75) is 288 Å². The molecular weight excluding hydrogens is 831 g/mol. The molecule has 7 N–H and O–H groups in total. The number of allylic oxidation sites excluding steroid dienone is 7. The van der Waals surface area contributed by atoms with Gasteiger partial charge in [-0.05, 0) is 64.2 Å². The predicted octanol–water partition coefficient (Wildman–Crippen LogP) is 11.9. The van der Waals surface area contributed by atoms with E-state index in [0.29, 0.717) is 19.3 Å². The van der Waals surface area contributed by atoms with Crippen LogP contribution in [0.3, 0.4) is 0 Å². The Balaban J connectivity index is 2.18. The minimum atomic E-state index is -1.62.